The lowest BCUT2D eigenvalue weighted by molar-refractivity contribution is -0.224. The fourth-order valence-corrected chi connectivity index (χ4v) is 1.73. The predicted octanol–water partition coefficient (Wildman–Crippen LogP) is 4.01. The summed E-state index contributed by atoms with van der Waals surface area (Å²) in [6.07, 6.45) is -6.76. The molecule has 2 rings (SSSR count). The second-order valence-corrected chi connectivity index (χ2v) is 4.70. The van der Waals surface area contributed by atoms with Gasteiger partial charge in [0.25, 0.3) is 0 Å². The summed E-state index contributed by atoms with van der Waals surface area (Å²) in [6.45, 7) is 0.344. The molecule has 1 aliphatic heterocycles. The second-order valence-electron chi connectivity index (χ2n) is 3.88. The molecule has 0 amide bonds. The van der Waals surface area contributed by atoms with E-state index in [1.807, 2.05) is 0 Å². The molecule has 1 aromatic rings. The van der Waals surface area contributed by atoms with Crippen LogP contribution < -0.4 is 0 Å². The maximum absolute atomic E-state index is 12.9. The smallest absolute Gasteiger partial charge is 0.371 e. The van der Waals surface area contributed by atoms with Gasteiger partial charge in [-0.25, -0.2) is 0 Å². The van der Waals surface area contributed by atoms with E-state index < -0.39 is 12.3 Å². The molecule has 7 heteroatoms. The van der Waals surface area contributed by atoms with Crippen LogP contribution in [0.25, 0.3) is 0 Å². The highest BCUT2D eigenvalue weighted by atomic mass is 35.5. The molecule has 2 nitrogen and oxygen atoms in total. The van der Waals surface area contributed by atoms with E-state index >= 15 is 0 Å². The summed E-state index contributed by atoms with van der Waals surface area (Å²) in [5.74, 6) is 0. The maximum Gasteiger partial charge on any atom is 0.418 e. The van der Waals surface area contributed by atoms with Crippen molar-refractivity contribution in [2.24, 2.45) is 0 Å². The molecule has 1 aromatic carbocycles. The van der Waals surface area contributed by atoms with Crippen molar-refractivity contribution in [2.45, 2.75) is 18.4 Å². The Bertz CT molecular complexity index is 433. The lowest BCUT2D eigenvalue weighted by atomic mass is 10.1. The van der Waals surface area contributed by atoms with Crippen LogP contribution in [0.3, 0.4) is 0 Å². The van der Waals surface area contributed by atoms with Crippen molar-refractivity contribution >= 4 is 23.2 Å². The third kappa shape index (κ3) is 3.51. The van der Waals surface area contributed by atoms with Gasteiger partial charge < -0.3 is 9.47 Å². The topological polar surface area (TPSA) is 21.8 Å². The monoisotopic (exact) mass is 300 g/mol. The number of epoxide rings is 1. The highest BCUT2D eigenvalue weighted by Gasteiger charge is 2.43. The van der Waals surface area contributed by atoms with Crippen LogP contribution in [0.2, 0.25) is 10.0 Å². The van der Waals surface area contributed by atoms with Gasteiger partial charge in [-0.3, -0.25) is 0 Å². The van der Waals surface area contributed by atoms with Crippen LogP contribution in [0.1, 0.15) is 11.7 Å². The van der Waals surface area contributed by atoms with Gasteiger partial charge in [-0.2, -0.15) is 13.2 Å². The summed E-state index contributed by atoms with van der Waals surface area (Å²) in [5.41, 5.74) is -0.0717. The summed E-state index contributed by atoms with van der Waals surface area (Å²) in [6, 6.07) is 3.73. The Labute approximate surface area is 112 Å². The molecule has 0 radical (unpaired) electrons. The van der Waals surface area contributed by atoms with Crippen molar-refractivity contribution < 1.29 is 22.6 Å². The predicted molar refractivity (Wildman–Crippen MR) is 61.0 cm³/mol. The first-order valence-electron chi connectivity index (χ1n) is 5.13. The van der Waals surface area contributed by atoms with E-state index in [4.69, 9.17) is 32.7 Å². The van der Waals surface area contributed by atoms with E-state index in [1.54, 1.807) is 0 Å². The zero-order valence-corrected chi connectivity index (χ0v) is 10.5. The summed E-state index contributed by atoms with van der Waals surface area (Å²) in [4.78, 5) is 0. The molecule has 18 heavy (non-hydrogen) atoms. The minimum atomic E-state index is -4.51. The molecule has 0 spiro atoms. The van der Waals surface area contributed by atoms with Crippen molar-refractivity contribution in [2.75, 3.05) is 13.2 Å². The second kappa shape index (κ2) is 5.25. The van der Waals surface area contributed by atoms with Gasteiger partial charge in [0.15, 0.2) is 6.10 Å². The lowest BCUT2D eigenvalue weighted by Gasteiger charge is -2.21. The van der Waals surface area contributed by atoms with E-state index in [9.17, 15) is 13.2 Å². The summed E-state index contributed by atoms with van der Waals surface area (Å²) in [7, 11) is 0. The Balaban J connectivity index is 2.17. The number of rotatable bonds is 4. The molecule has 1 fully saturated rings. The molecular formula is C11H9Cl2F3O2. The first-order valence-corrected chi connectivity index (χ1v) is 5.88. The van der Waals surface area contributed by atoms with Gasteiger partial charge in [0.2, 0.25) is 0 Å². The third-order valence-electron chi connectivity index (χ3n) is 2.39. The largest absolute Gasteiger partial charge is 0.418 e. The molecule has 0 saturated carbocycles. The van der Waals surface area contributed by atoms with Gasteiger partial charge in [0.1, 0.15) is 6.10 Å². The minimum Gasteiger partial charge on any atom is -0.371 e. The number of benzene rings is 1. The van der Waals surface area contributed by atoms with Gasteiger partial charge in [-0.05, 0) is 17.7 Å². The third-order valence-corrected chi connectivity index (χ3v) is 3.13. The van der Waals surface area contributed by atoms with E-state index in [2.05, 4.69) is 0 Å². The number of alkyl halides is 3. The molecule has 1 aliphatic rings. The van der Waals surface area contributed by atoms with Crippen LogP contribution >= 0.6 is 23.2 Å². The molecule has 0 unspecified atom stereocenters. The van der Waals surface area contributed by atoms with Crippen LogP contribution in [0.4, 0.5) is 13.2 Å². The standard InChI is InChI=1S/C11H9Cl2F3O2/c12-8-2-1-6(3-9(8)13)10(11(14,15)16)18-5-7-4-17-7/h1-3,7,10H,4-5H2/t7-,10+/m0/s1. The molecule has 0 aliphatic carbocycles. The average Bonchev–Trinajstić information content (AvgIpc) is 3.05. The Kier molecular flexibility index (Phi) is 4.06. The molecule has 0 bridgehead atoms. The molecule has 2 atom stereocenters. The number of hydrogen-bond acceptors (Lipinski definition) is 2. The summed E-state index contributed by atoms with van der Waals surface area (Å²) in [5, 5.41) is 0.265. The number of halogens is 5. The SMILES string of the molecule is FC(F)(F)[C@H](OC[C@@H]1CO1)c1ccc(Cl)c(Cl)c1. The van der Waals surface area contributed by atoms with Crippen molar-refractivity contribution in [3.8, 4) is 0 Å². The Morgan fingerprint density at radius 3 is 2.50 bits per heavy atom. The molecule has 0 N–H and O–H groups in total. The molecule has 1 saturated heterocycles. The van der Waals surface area contributed by atoms with Crippen LogP contribution in [0, 0.1) is 0 Å². The van der Waals surface area contributed by atoms with Crippen LogP contribution in [-0.2, 0) is 9.47 Å². The first kappa shape index (κ1) is 13.9. The van der Waals surface area contributed by atoms with Crippen molar-refractivity contribution in [1.82, 2.24) is 0 Å². The zero-order chi connectivity index (χ0) is 13.3. The molecule has 1 heterocycles. The van der Waals surface area contributed by atoms with E-state index in [0.29, 0.717) is 6.61 Å². The highest BCUT2D eigenvalue weighted by molar-refractivity contribution is 6.42. The van der Waals surface area contributed by atoms with E-state index in [0.717, 1.165) is 6.07 Å². The minimum absolute atomic E-state index is 0.0645. The lowest BCUT2D eigenvalue weighted by Crippen LogP contribution is -2.25. The van der Waals surface area contributed by atoms with Gasteiger partial charge in [-0.1, -0.05) is 29.3 Å². The summed E-state index contributed by atoms with van der Waals surface area (Å²) < 4.78 is 48.3. The fraction of sp³-hybridized carbons (Fsp3) is 0.455. The molecule has 100 valence electrons. The molecular weight excluding hydrogens is 292 g/mol. The fourth-order valence-electron chi connectivity index (χ4n) is 1.42. The first-order chi connectivity index (χ1) is 8.38. The average molecular weight is 301 g/mol. The normalized spacial score (nSPS) is 20.8. The van der Waals surface area contributed by atoms with E-state index in [-0.39, 0.29) is 28.3 Å². The van der Waals surface area contributed by atoms with Gasteiger partial charge >= 0.3 is 6.18 Å². The van der Waals surface area contributed by atoms with Gasteiger partial charge in [-0.15, -0.1) is 0 Å². The maximum atomic E-state index is 12.9. The van der Waals surface area contributed by atoms with E-state index in [1.165, 1.54) is 12.1 Å². The van der Waals surface area contributed by atoms with Crippen molar-refractivity contribution in [1.29, 1.82) is 0 Å². The van der Waals surface area contributed by atoms with Gasteiger partial charge in [0.05, 0.1) is 23.3 Å². The quantitative estimate of drug-likeness (QED) is 0.784. The zero-order valence-electron chi connectivity index (χ0n) is 9.01. The van der Waals surface area contributed by atoms with Crippen molar-refractivity contribution in [3.05, 3.63) is 33.8 Å². The number of ether oxygens (including phenoxy) is 2. The van der Waals surface area contributed by atoms with Crippen LogP contribution in [0.15, 0.2) is 18.2 Å². The Morgan fingerprint density at radius 1 is 1.33 bits per heavy atom. The van der Waals surface area contributed by atoms with Gasteiger partial charge in [0, 0.05) is 0 Å². The van der Waals surface area contributed by atoms with Crippen LogP contribution in [0.5, 0.6) is 0 Å². The van der Waals surface area contributed by atoms with Crippen molar-refractivity contribution in [3.63, 3.8) is 0 Å². The Hall–Kier alpha value is -0.490. The molecule has 0 aromatic heterocycles. The summed E-state index contributed by atoms with van der Waals surface area (Å²) >= 11 is 11.4. The number of hydrogen-bond donors (Lipinski definition) is 0. The van der Waals surface area contributed by atoms with Crippen LogP contribution in [-0.4, -0.2) is 25.5 Å². The highest BCUT2D eigenvalue weighted by Crippen LogP contribution is 2.38. The Morgan fingerprint density at radius 2 is 2.00 bits per heavy atom.